The summed E-state index contributed by atoms with van der Waals surface area (Å²) in [4.78, 5) is 16.4. The summed E-state index contributed by atoms with van der Waals surface area (Å²) in [6, 6.07) is 11.4. The molecule has 5 nitrogen and oxygen atoms in total. The van der Waals surface area contributed by atoms with Crippen LogP contribution in [0, 0.1) is 11.3 Å². The van der Waals surface area contributed by atoms with Crippen molar-refractivity contribution < 1.29 is 9.53 Å². The average molecular weight is 303 g/mol. The van der Waals surface area contributed by atoms with Gasteiger partial charge < -0.3 is 14.5 Å². The normalized spacial score (nSPS) is 14.3. The molecule has 1 fully saturated rings. The Kier molecular flexibility index (Phi) is 5.67. The fourth-order valence-corrected chi connectivity index (χ4v) is 2.43. The Morgan fingerprint density at radius 1 is 1.33 bits per heavy atom. The van der Waals surface area contributed by atoms with Crippen LogP contribution >= 0.6 is 12.2 Å². The molecular weight excluding hydrogens is 286 g/mol. The molecule has 0 N–H and O–H groups in total. The van der Waals surface area contributed by atoms with Gasteiger partial charge in [0.05, 0.1) is 25.7 Å². The molecule has 2 rings (SSSR count). The second-order valence-electron chi connectivity index (χ2n) is 4.61. The first-order valence-corrected chi connectivity index (χ1v) is 7.25. The minimum Gasteiger partial charge on any atom is -0.378 e. The second-order valence-corrected chi connectivity index (χ2v) is 4.99. The number of rotatable bonds is 3. The molecule has 1 aromatic carbocycles. The van der Waals surface area contributed by atoms with Gasteiger partial charge in [-0.15, -0.1) is 0 Å². The summed E-state index contributed by atoms with van der Waals surface area (Å²) in [5.74, 6) is -0.228. The Morgan fingerprint density at radius 2 is 2.00 bits per heavy atom. The summed E-state index contributed by atoms with van der Waals surface area (Å²) in [5, 5.41) is 8.78. The third-order valence-corrected chi connectivity index (χ3v) is 3.67. The Hall–Kier alpha value is -1.97. The highest BCUT2D eigenvalue weighted by atomic mass is 32.1. The van der Waals surface area contributed by atoms with Crippen LogP contribution in [0.25, 0.3) is 0 Å². The first-order chi connectivity index (χ1) is 10.2. The molecular formula is C15H17N3O2S. The van der Waals surface area contributed by atoms with Crippen molar-refractivity contribution in [2.45, 2.75) is 6.42 Å². The van der Waals surface area contributed by atoms with E-state index in [0.29, 0.717) is 37.8 Å². The molecule has 1 aromatic rings. The summed E-state index contributed by atoms with van der Waals surface area (Å²) in [6.45, 7) is 2.76. The maximum atomic E-state index is 12.6. The van der Waals surface area contributed by atoms with E-state index in [1.807, 2.05) is 35.2 Å². The first kappa shape index (κ1) is 15.4. The summed E-state index contributed by atoms with van der Waals surface area (Å²) in [7, 11) is 0. The summed E-state index contributed by atoms with van der Waals surface area (Å²) >= 11 is 5.32. The van der Waals surface area contributed by atoms with Crippen molar-refractivity contribution in [3.8, 4) is 6.07 Å². The van der Waals surface area contributed by atoms with Crippen LogP contribution < -0.4 is 4.90 Å². The minimum atomic E-state index is -0.228. The van der Waals surface area contributed by atoms with Gasteiger partial charge in [-0.05, 0) is 12.1 Å². The molecule has 6 heteroatoms. The average Bonchev–Trinajstić information content (AvgIpc) is 2.56. The standard InChI is InChI=1S/C15H17N3O2S/c16-7-4-8-18(13-5-2-1-3-6-13)14(19)15(21)17-9-11-20-12-10-17/h1-3,5-6H,4,8-12H2. The number of nitrogens with zero attached hydrogens (tertiary/aromatic N) is 3. The molecule has 0 saturated carbocycles. The van der Waals surface area contributed by atoms with Gasteiger partial charge in [0.1, 0.15) is 0 Å². The van der Waals surface area contributed by atoms with Crippen LogP contribution in [-0.4, -0.2) is 48.6 Å². The van der Waals surface area contributed by atoms with E-state index in [2.05, 4.69) is 6.07 Å². The third kappa shape index (κ3) is 4.00. The van der Waals surface area contributed by atoms with Crippen molar-refractivity contribution in [2.75, 3.05) is 37.7 Å². The van der Waals surface area contributed by atoms with Gasteiger partial charge in [0, 0.05) is 25.3 Å². The Bertz CT molecular complexity index is 536. The van der Waals surface area contributed by atoms with Crippen LogP contribution in [0.2, 0.25) is 0 Å². The molecule has 21 heavy (non-hydrogen) atoms. The molecule has 1 heterocycles. The molecule has 0 unspecified atom stereocenters. The molecule has 1 aliphatic rings. The van der Waals surface area contributed by atoms with Crippen molar-refractivity contribution in [1.82, 2.24) is 4.90 Å². The number of amides is 1. The highest BCUT2D eigenvalue weighted by molar-refractivity contribution is 7.82. The number of carbonyl (C=O) groups excluding carboxylic acids is 1. The van der Waals surface area contributed by atoms with E-state index in [1.165, 1.54) is 0 Å². The van der Waals surface area contributed by atoms with Gasteiger partial charge in [-0.3, -0.25) is 4.79 Å². The fourth-order valence-electron chi connectivity index (χ4n) is 2.13. The molecule has 110 valence electrons. The lowest BCUT2D eigenvalue weighted by Crippen LogP contribution is -2.48. The van der Waals surface area contributed by atoms with E-state index >= 15 is 0 Å². The zero-order valence-electron chi connectivity index (χ0n) is 11.7. The number of hydrogen-bond acceptors (Lipinski definition) is 4. The molecule has 0 bridgehead atoms. The lowest BCUT2D eigenvalue weighted by molar-refractivity contribution is -0.113. The van der Waals surface area contributed by atoms with Gasteiger partial charge in [0.2, 0.25) is 0 Å². The Morgan fingerprint density at radius 3 is 2.62 bits per heavy atom. The van der Waals surface area contributed by atoms with Crippen molar-refractivity contribution in [3.05, 3.63) is 30.3 Å². The number of morpholine rings is 1. The van der Waals surface area contributed by atoms with E-state index < -0.39 is 0 Å². The lowest BCUT2D eigenvalue weighted by Gasteiger charge is -2.31. The van der Waals surface area contributed by atoms with Crippen LogP contribution in [0.1, 0.15) is 6.42 Å². The third-order valence-electron chi connectivity index (χ3n) is 3.24. The quantitative estimate of drug-likeness (QED) is 0.794. The maximum Gasteiger partial charge on any atom is 0.285 e. The van der Waals surface area contributed by atoms with E-state index in [9.17, 15) is 4.79 Å². The van der Waals surface area contributed by atoms with E-state index in [0.717, 1.165) is 5.69 Å². The summed E-state index contributed by atoms with van der Waals surface area (Å²) in [6.07, 6.45) is 0.270. The van der Waals surface area contributed by atoms with Gasteiger partial charge in [0.15, 0.2) is 4.99 Å². The van der Waals surface area contributed by atoms with Crippen molar-refractivity contribution in [2.24, 2.45) is 0 Å². The number of nitriles is 1. The number of hydrogen-bond donors (Lipinski definition) is 0. The van der Waals surface area contributed by atoms with Crippen LogP contribution in [-0.2, 0) is 9.53 Å². The molecule has 0 aromatic heterocycles. The maximum absolute atomic E-state index is 12.6. The molecule has 0 spiro atoms. The number of benzene rings is 1. The van der Waals surface area contributed by atoms with Crippen LogP contribution in [0.3, 0.4) is 0 Å². The molecule has 1 aliphatic heterocycles. The van der Waals surface area contributed by atoms with Crippen LogP contribution in [0.15, 0.2) is 30.3 Å². The molecule has 0 radical (unpaired) electrons. The molecule has 0 atom stereocenters. The largest absolute Gasteiger partial charge is 0.378 e. The summed E-state index contributed by atoms with van der Waals surface area (Å²) < 4.78 is 5.27. The monoisotopic (exact) mass is 303 g/mol. The number of carbonyl (C=O) groups is 1. The lowest BCUT2D eigenvalue weighted by atomic mass is 10.2. The zero-order chi connectivity index (χ0) is 15.1. The Balaban J connectivity index is 2.14. The second kappa shape index (κ2) is 7.72. The molecule has 0 aliphatic carbocycles. The zero-order valence-corrected chi connectivity index (χ0v) is 12.5. The molecule has 1 saturated heterocycles. The van der Waals surface area contributed by atoms with E-state index in [1.54, 1.807) is 4.90 Å². The summed E-state index contributed by atoms with van der Waals surface area (Å²) in [5.41, 5.74) is 0.758. The predicted molar refractivity (Wildman–Crippen MR) is 84.0 cm³/mol. The number of thiocarbonyl (C=S) groups is 1. The van der Waals surface area contributed by atoms with E-state index in [-0.39, 0.29) is 12.3 Å². The van der Waals surface area contributed by atoms with Gasteiger partial charge in [-0.25, -0.2) is 0 Å². The first-order valence-electron chi connectivity index (χ1n) is 6.84. The highest BCUT2D eigenvalue weighted by Crippen LogP contribution is 2.15. The van der Waals surface area contributed by atoms with E-state index in [4.69, 9.17) is 22.2 Å². The SMILES string of the molecule is N#CCCN(C(=O)C(=S)N1CCOCC1)c1ccccc1. The predicted octanol–water partition coefficient (Wildman–Crippen LogP) is 1.59. The van der Waals surface area contributed by atoms with Crippen LogP contribution in [0.5, 0.6) is 0 Å². The number of para-hydroxylation sites is 1. The topological polar surface area (TPSA) is 56.6 Å². The van der Waals surface area contributed by atoms with Crippen molar-refractivity contribution >= 4 is 28.8 Å². The van der Waals surface area contributed by atoms with Crippen molar-refractivity contribution in [1.29, 1.82) is 5.26 Å². The smallest absolute Gasteiger partial charge is 0.285 e. The van der Waals surface area contributed by atoms with Gasteiger partial charge in [0.25, 0.3) is 5.91 Å². The number of ether oxygens (including phenoxy) is 1. The highest BCUT2D eigenvalue weighted by Gasteiger charge is 2.25. The minimum absolute atomic E-state index is 0.228. The van der Waals surface area contributed by atoms with Crippen molar-refractivity contribution in [3.63, 3.8) is 0 Å². The van der Waals surface area contributed by atoms with Gasteiger partial charge in [-0.1, -0.05) is 30.4 Å². The fraction of sp³-hybridized carbons (Fsp3) is 0.400. The number of anilines is 1. The van der Waals surface area contributed by atoms with Gasteiger partial charge in [-0.2, -0.15) is 5.26 Å². The van der Waals surface area contributed by atoms with Crippen LogP contribution in [0.4, 0.5) is 5.69 Å². The van der Waals surface area contributed by atoms with Gasteiger partial charge >= 0.3 is 0 Å². The molecule has 1 amide bonds. The Labute approximate surface area is 129 Å².